The van der Waals surface area contributed by atoms with Crippen molar-refractivity contribution in [2.24, 2.45) is 0 Å². The minimum absolute atomic E-state index is 0.410. The normalized spacial score (nSPS) is 11.1. The van der Waals surface area contributed by atoms with Crippen LogP contribution in [-0.4, -0.2) is 16.8 Å². The van der Waals surface area contributed by atoms with E-state index in [1.54, 1.807) is 0 Å². The van der Waals surface area contributed by atoms with Crippen LogP contribution in [0.25, 0.3) is 11.1 Å². The second-order valence-corrected chi connectivity index (χ2v) is 4.53. The fourth-order valence-electron chi connectivity index (χ4n) is 1.79. The van der Waals surface area contributed by atoms with Crippen molar-refractivity contribution in [1.29, 1.82) is 0 Å². The third kappa shape index (κ3) is 2.74. The standard InChI is InChI=1S/C14H19N3/c1-11(2)17-10-14(9-16-17)13-6-4-12(5-7-13)8-15-3/h4-7,9-11,15H,8H2,1-3H3. The summed E-state index contributed by atoms with van der Waals surface area (Å²) < 4.78 is 1.98. The molecule has 2 aromatic rings. The smallest absolute Gasteiger partial charge is 0.0568 e. The molecular formula is C14H19N3. The maximum absolute atomic E-state index is 4.36. The van der Waals surface area contributed by atoms with E-state index >= 15 is 0 Å². The topological polar surface area (TPSA) is 29.9 Å². The molecule has 17 heavy (non-hydrogen) atoms. The molecule has 0 saturated heterocycles. The van der Waals surface area contributed by atoms with E-state index in [4.69, 9.17) is 0 Å². The lowest BCUT2D eigenvalue weighted by molar-refractivity contribution is 0.532. The Morgan fingerprint density at radius 1 is 1.18 bits per heavy atom. The quantitative estimate of drug-likeness (QED) is 0.873. The molecule has 0 spiro atoms. The Hall–Kier alpha value is -1.61. The first-order chi connectivity index (χ1) is 8.20. The first-order valence-electron chi connectivity index (χ1n) is 5.99. The van der Waals surface area contributed by atoms with E-state index in [1.165, 1.54) is 16.7 Å². The monoisotopic (exact) mass is 229 g/mol. The summed E-state index contributed by atoms with van der Waals surface area (Å²) in [7, 11) is 1.96. The van der Waals surface area contributed by atoms with Crippen molar-refractivity contribution < 1.29 is 0 Å². The predicted molar refractivity (Wildman–Crippen MR) is 70.8 cm³/mol. The molecule has 1 heterocycles. The van der Waals surface area contributed by atoms with Crippen LogP contribution in [-0.2, 0) is 6.54 Å². The predicted octanol–water partition coefficient (Wildman–Crippen LogP) is 2.85. The molecule has 0 atom stereocenters. The molecule has 3 heteroatoms. The van der Waals surface area contributed by atoms with Gasteiger partial charge in [0.1, 0.15) is 0 Å². The Morgan fingerprint density at radius 2 is 1.88 bits per heavy atom. The van der Waals surface area contributed by atoms with Crippen molar-refractivity contribution >= 4 is 0 Å². The van der Waals surface area contributed by atoms with Gasteiger partial charge in [-0.2, -0.15) is 5.10 Å². The molecule has 0 aliphatic carbocycles. The molecule has 2 rings (SSSR count). The average molecular weight is 229 g/mol. The molecule has 1 N–H and O–H groups in total. The zero-order valence-electron chi connectivity index (χ0n) is 10.6. The lowest BCUT2D eigenvalue weighted by atomic mass is 10.1. The molecule has 0 fully saturated rings. The van der Waals surface area contributed by atoms with Crippen LogP contribution in [0, 0.1) is 0 Å². The van der Waals surface area contributed by atoms with Gasteiger partial charge in [-0.1, -0.05) is 24.3 Å². The minimum Gasteiger partial charge on any atom is -0.316 e. The van der Waals surface area contributed by atoms with Crippen LogP contribution < -0.4 is 5.32 Å². The minimum atomic E-state index is 0.410. The second-order valence-electron chi connectivity index (χ2n) is 4.53. The maximum atomic E-state index is 4.36. The van der Waals surface area contributed by atoms with E-state index in [0.29, 0.717) is 6.04 Å². The van der Waals surface area contributed by atoms with Crippen LogP contribution in [0.15, 0.2) is 36.7 Å². The molecule has 0 aliphatic heterocycles. The van der Waals surface area contributed by atoms with Gasteiger partial charge in [-0.3, -0.25) is 4.68 Å². The van der Waals surface area contributed by atoms with E-state index < -0.39 is 0 Å². The second kappa shape index (κ2) is 5.15. The third-order valence-corrected chi connectivity index (χ3v) is 2.80. The first-order valence-corrected chi connectivity index (χ1v) is 5.99. The van der Waals surface area contributed by atoms with Crippen molar-refractivity contribution in [3.05, 3.63) is 42.2 Å². The molecule has 90 valence electrons. The molecule has 0 amide bonds. The van der Waals surface area contributed by atoms with Crippen LogP contribution in [0.4, 0.5) is 0 Å². The Bertz CT molecular complexity index is 468. The van der Waals surface area contributed by atoms with Gasteiger partial charge in [0.25, 0.3) is 0 Å². The highest BCUT2D eigenvalue weighted by Crippen LogP contribution is 2.20. The third-order valence-electron chi connectivity index (χ3n) is 2.80. The summed E-state index contributed by atoms with van der Waals surface area (Å²) in [6.07, 6.45) is 4.02. The van der Waals surface area contributed by atoms with Crippen molar-refractivity contribution in [2.45, 2.75) is 26.4 Å². The Labute approximate surface area is 102 Å². The Kier molecular flexibility index (Phi) is 3.59. The van der Waals surface area contributed by atoms with E-state index in [0.717, 1.165) is 6.54 Å². The Balaban J connectivity index is 2.21. The van der Waals surface area contributed by atoms with Gasteiger partial charge in [-0.25, -0.2) is 0 Å². The van der Waals surface area contributed by atoms with E-state index in [-0.39, 0.29) is 0 Å². The molecule has 0 radical (unpaired) electrons. The zero-order chi connectivity index (χ0) is 12.3. The van der Waals surface area contributed by atoms with Gasteiger partial charge in [-0.15, -0.1) is 0 Å². The van der Waals surface area contributed by atoms with Crippen molar-refractivity contribution in [1.82, 2.24) is 15.1 Å². The molecule has 0 aliphatic rings. The molecule has 0 unspecified atom stereocenters. The van der Waals surface area contributed by atoms with Crippen molar-refractivity contribution in [3.63, 3.8) is 0 Å². The van der Waals surface area contributed by atoms with Crippen LogP contribution in [0.5, 0.6) is 0 Å². The van der Waals surface area contributed by atoms with E-state index in [1.807, 2.05) is 17.9 Å². The summed E-state index contributed by atoms with van der Waals surface area (Å²) in [6.45, 7) is 5.17. The molecule has 0 bridgehead atoms. The molecule has 0 saturated carbocycles. The number of aromatic nitrogens is 2. The lowest BCUT2D eigenvalue weighted by Crippen LogP contribution is -2.04. The number of rotatable bonds is 4. The van der Waals surface area contributed by atoms with E-state index in [2.05, 4.69) is 54.7 Å². The molecule has 3 nitrogen and oxygen atoms in total. The number of nitrogens with zero attached hydrogens (tertiary/aromatic N) is 2. The number of nitrogens with one attached hydrogen (secondary N) is 1. The molecule has 1 aromatic heterocycles. The summed E-state index contributed by atoms with van der Waals surface area (Å²) in [6, 6.07) is 9.01. The first kappa shape index (κ1) is 11.9. The molecule has 1 aromatic carbocycles. The number of benzene rings is 1. The highest BCUT2D eigenvalue weighted by molar-refractivity contribution is 5.61. The van der Waals surface area contributed by atoms with E-state index in [9.17, 15) is 0 Å². The number of hydrogen-bond donors (Lipinski definition) is 1. The Morgan fingerprint density at radius 3 is 2.41 bits per heavy atom. The molecular weight excluding hydrogens is 210 g/mol. The van der Waals surface area contributed by atoms with Gasteiger partial charge in [0.05, 0.1) is 6.20 Å². The summed E-state index contributed by atoms with van der Waals surface area (Å²) >= 11 is 0. The average Bonchev–Trinajstić information content (AvgIpc) is 2.80. The fraction of sp³-hybridized carbons (Fsp3) is 0.357. The summed E-state index contributed by atoms with van der Waals surface area (Å²) in [4.78, 5) is 0. The highest BCUT2D eigenvalue weighted by Gasteiger charge is 2.03. The van der Waals surface area contributed by atoms with Gasteiger partial charge < -0.3 is 5.32 Å². The summed E-state index contributed by atoms with van der Waals surface area (Å²) in [5.74, 6) is 0. The van der Waals surface area contributed by atoms with Crippen LogP contribution >= 0.6 is 0 Å². The van der Waals surface area contributed by atoms with Crippen LogP contribution in [0.2, 0.25) is 0 Å². The fourth-order valence-corrected chi connectivity index (χ4v) is 1.79. The summed E-state index contributed by atoms with van der Waals surface area (Å²) in [5, 5.41) is 7.50. The van der Waals surface area contributed by atoms with Gasteiger partial charge in [0.2, 0.25) is 0 Å². The van der Waals surface area contributed by atoms with Gasteiger partial charge in [-0.05, 0) is 32.0 Å². The summed E-state index contributed by atoms with van der Waals surface area (Å²) in [5.41, 5.74) is 3.69. The van der Waals surface area contributed by atoms with Crippen molar-refractivity contribution in [3.8, 4) is 11.1 Å². The SMILES string of the molecule is CNCc1ccc(-c2cnn(C(C)C)c2)cc1. The zero-order valence-corrected chi connectivity index (χ0v) is 10.6. The highest BCUT2D eigenvalue weighted by atomic mass is 15.3. The van der Waals surface area contributed by atoms with Crippen LogP contribution in [0.1, 0.15) is 25.5 Å². The maximum Gasteiger partial charge on any atom is 0.0568 e. The lowest BCUT2D eigenvalue weighted by Gasteiger charge is -2.04. The van der Waals surface area contributed by atoms with Gasteiger partial charge in [0.15, 0.2) is 0 Å². The number of hydrogen-bond acceptors (Lipinski definition) is 2. The van der Waals surface area contributed by atoms with Gasteiger partial charge >= 0.3 is 0 Å². The largest absolute Gasteiger partial charge is 0.316 e. The van der Waals surface area contributed by atoms with Gasteiger partial charge in [0, 0.05) is 24.3 Å². The van der Waals surface area contributed by atoms with Crippen LogP contribution in [0.3, 0.4) is 0 Å². The van der Waals surface area contributed by atoms with Crippen molar-refractivity contribution in [2.75, 3.05) is 7.05 Å².